The van der Waals surface area contributed by atoms with Gasteiger partial charge in [-0.25, -0.2) is 4.39 Å². The molecule has 33 heavy (non-hydrogen) atoms. The van der Waals surface area contributed by atoms with Crippen LogP contribution in [0.15, 0.2) is 12.2 Å². The first-order valence-electron chi connectivity index (χ1n) is 12.2. The highest BCUT2D eigenvalue weighted by Crippen LogP contribution is 2.70. The zero-order valence-electron chi connectivity index (χ0n) is 19.9. The Labute approximate surface area is 199 Å². The molecule has 1 unspecified atom stereocenters. The largest absolute Gasteiger partial charge is 0.450 e. The van der Waals surface area contributed by atoms with E-state index in [1.54, 1.807) is 13.0 Å². The molecule has 0 aromatic rings. The van der Waals surface area contributed by atoms with Gasteiger partial charge >= 0.3 is 5.97 Å². The molecule has 0 heterocycles. The Balaban J connectivity index is 1.83. The molecule has 0 saturated heterocycles. The van der Waals surface area contributed by atoms with Crippen molar-refractivity contribution in [2.24, 2.45) is 34.5 Å². The first-order chi connectivity index (χ1) is 15.4. The van der Waals surface area contributed by atoms with Gasteiger partial charge in [0.15, 0.2) is 28.6 Å². The lowest BCUT2D eigenvalue weighted by Crippen LogP contribution is -2.69. The van der Waals surface area contributed by atoms with Crippen LogP contribution in [0.1, 0.15) is 72.6 Å². The summed E-state index contributed by atoms with van der Waals surface area (Å²) in [7, 11) is 0. The lowest BCUT2D eigenvalue weighted by Gasteiger charge is -2.61. The molecule has 3 saturated carbocycles. The van der Waals surface area contributed by atoms with E-state index in [4.69, 9.17) is 16.3 Å². The Hall–Kier alpha value is -1.56. The van der Waals surface area contributed by atoms with Crippen LogP contribution in [0.3, 0.4) is 0 Å². The average molecular weight is 481 g/mol. The maximum atomic E-state index is 17.2. The quantitative estimate of drug-likeness (QED) is 0.418. The van der Waals surface area contributed by atoms with Crippen molar-refractivity contribution in [3.05, 3.63) is 12.2 Å². The number of ketones is 3. The van der Waals surface area contributed by atoms with Gasteiger partial charge in [-0.1, -0.05) is 33.8 Å². The second kappa shape index (κ2) is 8.00. The monoisotopic (exact) mass is 480 g/mol. The molecular formula is C26H34ClFO5. The van der Waals surface area contributed by atoms with Gasteiger partial charge in [-0.05, 0) is 43.6 Å². The minimum atomic E-state index is -2.12. The zero-order chi connectivity index (χ0) is 24.4. The van der Waals surface area contributed by atoms with Crippen molar-refractivity contribution in [3.63, 3.8) is 0 Å². The molecule has 0 aliphatic heterocycles. The van der Waals surface area contributed by atoms with E-state index in [0.29, 0.717) is 25.7 Å². The molecule has 4 rings (SSSR count). The number of esters is 1. The molecule has 8 atom stereocenters. The summed E-state index contributed by atoms with van der Waals surface area (Å²) in [5.74, 6) is -3.35. The Morgan fingerprint density at radius 2 is 1.91 bits per heavy atom. The fraction of sp³-hybridized carbons (Fsp3) is 0.769. The number of ether oxygens (including phenoxy) is 1. The van der Waals surface area contributed by atoms with Crippen LogP contribution in [0.2, 0.25) is 0 Å². The summed E-state index contributed by atoms with van der Waals surface area (Å²) in [5, 5.41) is 0. The molecule has 0 spiro atoms. The van der Waals surface area contributed by atoms with Crippen LogP contribution in [-0.4, -0.2) is 40.5 Å². The molecule has 0 N–H and O–H groups in total. The Morgan fingerprint density at radius 3 is 2.55 bits per heavy atom. The smallest absolute Gasteiger partial charge is 0.306 e. The zero-order valence-corrected chi connectivity index (χ0v) is 20.7. The van der Waals surface area contributed by atoms with E-state index in [0.717, 1.165) is 0 Å². The van der Waals surface area contributed by atoms with Gasteiger partial charge in [0.1, 0.15) is 0 Å². The van der Waals surface area contributed by atoms with Gasteiger partial charge in [0, 0.05) is 41.9 Å². The first kappa shape index (κ1) is 24.6. The Morgan fingerprint density at radius 1 is 1.21 bits per heavy atom. The topological polar surface area (TPSA) is 77.5 Å². The van der Waals surface area contributed by atoms with Crippen LogP contribution >= 0.6 is 11.6 Å². The van der Waals surface area contributed by atoms with Crippen molar-refractivity contribution in [2.75, 3.05) is 5.88 Å². The Bertz CT molecular complexity index is 932. The number of hydrogen-bond donors (Lipinski definition) is 0. The van der Waals surface area contributed by atoms with E-state index in [9.17, 15) is 19.2 Å². The van der Waals surface area contributed by atoms with Gasteiger partial charge in [-0.3, -0.25) is 19.2 Å². The Kier molecular flexibility index (Phi) is 5.95. The second-order valence-corrected chi connectivity index (χ2v) is 11.4. The van der Waals surface area contributed by atoms with Gasteiger partial charge < -0.3 is 4.74 Å². The SMILES string of the molecule is CCCC(=O)O[C@]1(C(=O)CCl)[C@@H](C)C[C@H]2[C@@H]3CCC4CC(=O)C=C[C@]4(C)[C@@]3(F)C(=O)C[C@@]21C. The fourth-order valence-corrected chi connectivity index (χ4v) is 8.29. The number of allylic oxidation sites excluding steroid dienone is 2. The highest BCUT2D eigenvalue weighted by Gasteiger charge is 2.77. The molecule has 5 nitrogen and oxygen atoms in total. The number of Topliss-reactive ketones (excluding diaryl/α,β-unsaturated/α-hetero) is 2. The van der Waals surface area contributed by atoms with Crippen molar-refractivity contribution in [1.82, 2.24) is 0 Å². The molecule has 0 radical (unpaired) electrons. The van der Waals surface area contributed by atoms with Crippen LogP contribution in [0, 0.1) is 34.5 Å². The molecule has 3 fully saturated rings. The van der Waals surface area contributed by atoms with Gasteiger partial charge in [-0.2, -0.15) is 0 Å². The maximum absolute atomic E-state index is 17.2. The third-order valence-electron chi connectivity index (χ3n) is 9.68. The van der Waals surface area contributed by atoms with Gasteiger partial charge in [-0.15, -0.1) is 11.6 Å². The third kappa shape index (κ3) is 3.01. The molecule has 7 heteroatoms. The molecule has 0 bridgehead atoms. The fourth-order valence-electron chi connectivity index (χ4n) is 8.09. The van der Waals surface area contributed by atoms with Crippen LogP contribution in [-0.2, 0) is 23.9 Å². The van der Waals surface area contributed by atoms with Crippen LogP contribution in [0.25, 0.3) is 0 Å². The molecule has 182 valence electrons. The summed E-state index contributed by atoms with van der Waals surface area (Å²) < 4.78 is 23.2. The number of hydrogen-bond acceptors (Lipinski definition) is 5. The van der Waals surface area contributed by atoms with Crippen molar-refractivity contribution in [3.8, 4) is 0 Å². The highest BCUT2D eigenvalue weighted by atomic mass is 35.5. The minimum absolute atomic E-state index is 0.0309. The number of carbonyl (C=O) groups excluding carboxylic acids is 4. The van der Waals surface area contributed by atoms with Crippen molar-refractivity contribution in [2.45, 2.75) is 83.9 Å². The first-order valence-corrected chi connectivity index (χ1v) is 12.7. The van der Waals surface area contributed by atoms with E-state index in [2.05, 4.69) is 0 Å². The molecule has 0 aromatic heterocycles. The summed E-state index contributed by atoms with van der Waals surface area (Å²) >= 11 is 6.03. The van der Waals surface area contributed by atoms with Crippen LogP contribution < -0.4 is 0 Å². The normalized spacial score (nSPS) is 46.4. The van der Waals surface area contributed by atoms with Crippen molar-refractivity contribution >= 4 is 34.9 Å². The van der Waals surface area contributed by atoms with Crippen LogP contribution in [0.5, 0.6) is 0 Å². The summed E-state index contributed by atoms with van der Waals surface area (Å²) in [6.45, 7) is 7.29. The number of carbonyl (C=O) groups is 4. The lowest BCUT2D eigenvalue weighted by molar-refractivity contribution is -0.208. The molecule has 4 aliphatic carbocycles. The molecule has 4 aliphatic rings. The molecule has 0 aromatic carbocycles. The minimum Gasteiger partial charge on any atom is -0.450 e. The van der Waals surface area contributed by atoms with Gasteiger partial charge in [0.2, 0.25) is 0 Å². The third-order valence-corrected chi connectivity index (χ3v) is 9.93. The summed E-state index contributed by atoms with van der Waals surface area (Å²) in [4.78, 5) is 51.8. The van der Waals surface area contributed by atoms with Gasteiger partial charge in [0.25, 0.3) is 0 Å². The maximum Gasteiger partial charge on any atom is 0.306 e. The summed E-state index contributed by atoms with van der Waals surface area (Å²) in [6.07, 6.45) is 5.41. The lowest BCUT2D eigenvalue weighted by atomic mass is 9.43. The van der Waals surface area contributed by atoms with E-state index in [-0.39, 0.29) is 48.7 Å². The number of fused-ring (bicyclic) bond motifs is 5. The predicted molar refractivity (Wildman–Crippen MR) is 121 cm³/mol. The number of alkyl halides is 2. The summed E-state index contributed by atoms with van der Waals surface area (Å²) in [6, 6.07) is 0. The van der Waals surface area contributed by atoms with Crippen molar-refractivity contribution < 1.29 is 28.3 Å². The van der Waals surface area contributed by atoms with E-state index >= 15 is 4.39 Å². The van der Waals surface area contributed by atoms with E-state index in [1.165, 1.54) is 6.08 Å². The second-order valence-electron chi connectivity index (χ2n) is 11.2. The van der Waals surface area contributed by atoms with Crippen LogP contribution in [0.4, 0.5) is 4.39 Å². The van der Waals surface area contributed by atoms with E-state index in [1.807, 2.05) is 20.8 Å². The number of halogens is 2. The average Bonchev–Trinajstić information content (AvgIpc) is 2.97. The highest BCUT2D eigenvalue weighted by molar-refractivity contribution is 6.29. The molecular weight excluding hydrogens is 447 g/mol. The van der Waals surface area contributed by atoms with Crippen molar-refractivity contribution in [1.29, 1.82) is 0 Å². The van der Waals surface area contributed by atoms with E-state index < -0.39 is 45.6 Å². The molecule has 0 amide bonds. The number of rotatable bonds is 5. The summed E-state index contributed by atoms with van der Waals surface area (Å²) in [5.41, 5.74) is -5.76. The van der Waals surface area contributed by atoms with Gasteiger partial charge in [0.05, 0.1) is 5.88 Å². The predicted octanol–water partition coefficient (Wildman–Crippen LogP) is 4.78. The standard InChI is InChI=1S/C26H34ClFO5/c1-5-6-22(32)33-26(21(31)14-27)15(2)11-19-18-8-7-16-12-17(29)9-10-23(16,3)25(18,28)20(30)13-24(19,26)4/h9-10,15-16,18-19H,5-8,11-14H2,1-4H3/t15-,16?,18-,19-,23-,24-,25-,26-/m0/s1.